The fourth-order valence-corrected chi connectivity index (χ4v) is 3.56. The lowest BCUT2D eigenvalue weighted by molar-refractivity contribution is -0.137. The molecule has 2 heterocycles. The number of halogens is 4. The number of oxime groups is 1. The van der Waals surface area contributed by atoms with E-state index in [0.29, 0.717) is 22.3 Å². The number of alkyl halides is 3. The van der Waals surface area contributed by atoms with Gasteiger partial charge in [0.2, 0.25) is 10.0 Å². The van der Waals surface area contributed by atoms with Crippen molar-refractivity contribution in [2.45, 2.75) is 23.6 Å². The van der Waals surface area contributed by atoms with Crippen LogP contribution in [0.15, 0.2) is 46.6 Å². The van der Waals surface area contributed by atoms with Gasteiger partial charge >= 0.3 is 6.18 Å². The number of benzene rings is 1. The zero-order valence-corrected chi connectivity index (χ0v) is 16.7. The maximum Gasteiger partial charge on any atom is 0.416 e. The van der Waals surface area contributed by atoms with Crippen molar-refractivity contribution in [1.82, 2.24) is 9.71 Å². The summed E-state index contributed by atoms with van der Waals surface area (Å²) < 4.78 is 65.0. The van der Waals surface area contributed by atoms with Crippen LogP contribution in [0.1, 0.15) is 23.7 Å². The molecule has 0 unspecified atom stereocenters. The number of hydrogen-bond donors (Lipinski definition) is 2. The maximum absolute atomic E-state index is 12.7. The molecule has 0 aliphatic carbocycles. The molecule has 0 amide bonds. The van der Waals surface area contributed by atoms with Gasteiger partial charge < -0.3 is 10.2 Å². The van der Waals surface area contributed by atoms with Gasteiger partial charge in [0, 0.05) is 23.9 Å². The predicted molar refractivity (Wildman–Crippen MR) is 100 cm³/mol. The van der Waals surface area contributed by atoms with Crippen LogP contribution in [0, 0.1) is 0 Å². The minimum Gasteiger partial charge on any atom is -0.386 e. The highest BCUT2D eigenvalue weighted by atomic mass is 79.9. The normalized spacial score (nSPS) is 17.2. The molecule has 1 aromatic carbocycles. The Morgan fingerprint density at radius 1 is 1.25 bits per heavy atom. The van der Waals surface area contributed by atoms with Crippen molar-refractivity contribution in [1.29, 1.82) is 0 Å². The molecule has 0 fully saturated rings. The fourth-order valence-electron chi connectivity index (χ4n) is 2.47. The van der Waals surface area contributed by atoms with Gasteiger partial charge in [-0.25, -0.2) is 18.1 Å². The van der Waals surface area contributed by atoms with Crippen molar-refractivity contribution in [2.75, 3.05) is 12.4 Å². The van der Waals surface area contributed by atoms with Crippen molar-refractivity contribution in [3.05, 3.63) is 47.7 Å². The number of hydrogen-bond acceptors (Lipinski definition) is 6. The van der Waals surface area contributed by atoms with E-state index in [1.807, 2.05) is 0 Å². The standard InChI is InChI=1S/C16H14BrF3N4O3S/c1-21-28(25,26)11-6-12(13-7-14(17)24-27-13)15(22-8-11)23-10-4-2-9(3-5-10)16(18,19)20/h2-6,8,13,21H,7H2,1H3,(H,22,23)/t13-/m1/s1. The van der Waals surface area contributed by atoms with Crippen molar-refractivity contribution < 1.29 is 26.4 Å². The Balaban J connectivity index is 1.95. The van der Waals surface area contributed by atoms with Gasteiger partial charge in [0.15, 0.2) is 6.10 Å². The van der Waals surface area contributed by atoms with Crippen LogP contribution in [0.5, 0.6) is 0 Å². The Morgan fingerprint density at radius 2 is 1.93 bits per heavy atom. The highest BCUT2D eigenvalue weighted by Crippen LogP contribution is 2.36. The van der Waals surface area contributed by atoms with E-state index in [4.69, 9.17) is 4.84 Å². The second-order valence-electron chi connectivity index (χ2n) is 5.78. The largest absolute Gasteiger partial charge is 0.416 e. The van der Waals surface area contributed by atoms with Crippen LogP contribution in [-0.4, -0.2) is 25.1 Å². The quantitative estimate of drug-likeness (QED) is 0.679. The van der Waals surface area contributed by atoms with E-state index in [1.165, 1.54) is 25.2 Å². The van der Waals surface area contributed by atoms with Crippen LogP contribution in [0.25, 0.3) is 0 Å². The fraction of sp³-hybridized carbons (Fsp3) is 0.250. The summed E-state index contributed by atoms with van der Waals surface area (Å²) in [5.41, 5.74) is -0.0310. The molecule has 1 aliphatic heterocycles. The summed E-state index contributed by atoms with van der Waals surface area (Å²) >= 11 is 3.21. The van der Waals surface area contributed by atoms with Crippen molar-refractivity contribution in [3.8, 4) is 0 Å². The van der Waals surface area contributed by atoms with Crippen molar-refractivity contribution in [2.24, 2.45) is 5.16 Å². The van der Waals surface area contributed by atoms with Crippen LogP contribution in [0.2, 0.25) is 0 Å². The van der Waals surface area contributed by atoms with Crippen molar-refractivity contribution >= 4 is 42.1 Å². The summed E-state index contributed by atoms with van der Waals surface area (Å²) in [4.78, 5) is 9.35. The lowest BCUT2D eigenvalue weighted by Gasteiger charge is -2.16. The minimum atomic E-state index is -4.44. The van der Waals surface area contributed by atoms with Crippen molar-refractivity contribution in [3.63, 3.8) is 0 Å². The Kier molecular flexibility index (Phi) is 5.64. The van der Waals surface area contributed by atoms with Crippen LogP contribution < -0.4 is 10.0 Å². The number of rotatable bonds is 5. The second-order valence-corrected chi connectivity index (χ2v) is 8.58. The molecule has 1 aliphatic rings. The average Bonchev–Trinajstić information content (AvgIpc) is 3.08. The summed E-state index contributed by atoms with van der Waals surface area (Å²) in [6.45, 7) is 0. The highest BCUT2D eigenvalue weighted by Gasteiger charge is 2.30. The monoisotopic (exact) mass is 478 g/mol. The molecule has 0 saturated heterocycles. The molecule has 0 spiro atoms. The number of nitrogens with zero attached hydrogens (tertiary/aromatic N) is 2. The first kappa shape index (κ1) is 20.6. The van der Waals surface area contributed by atoms with Gasteiger partial charge in [-0.05, 0) is 53.3 Å². The Bertz CT molecular complexity index is 1010. The Labute approximate surface area is 167 Å². The molecular formula is C16H14BrF3N4O3S. The molecule has 0 saturated carbocycles. The number of anilines is 2. The number of aromatic nitrogens is 1. The van der Waals surface area contributed by atoms with E-state index < -0.39 is 27.9 Å². The lowest BCUT2D eigenvalue weighted by Crippen LogP contribution is -2.19. The smallest absolute Gasteiger partial charge is 0.386 e. The molecular weight excluding hydrogens is 465 g/mol. The first-order valence-corrected chi connectivity index (χ1v) is 10.1. The third kappa shape index (κ3) is 4.45. The van der Waals surface area contributed by atoms with E-state index in [2.05, 4.69) is 36.1 Å². The summed E-state index contributed by atoms with van der Waals surface area (Å²) in [7, 11) is -2.47. The molecule has 150 valence electrons. The van der Waals surface area contributed by atoms with Gasteiger partial charge in [0.05, 0.1) is 5.56 Å². The summed E-state index contributed by atoms with van der Waals surface area (Å²) in [5, 5.41) is 6.68. The van der Waals surface area contributed by atoms with Gasteiger partial charge in [-0.1, -0.05) is 5.16 Å². The third-order valence-electron chi connectivity index (χ3n) is 3.93. The predicted octanol–water partition coefficient (Wildman–Crippen LogP) is 3.92. The number of pyridine rings is 1. The van der Waals surface area contributed by atoms with Gasteiger partial charge in [-0.2, -0.15) is 13.2 Å². The molecule has 28 heavy (non-hydrogen) atoms. The molecule has 3 rings (SSSR count). The zero-order chi connectivity index (χ0) is 20.5. The SMILES string of the molecule is CNS(=O)(=O)c1cnc(Nc2ccc(C(F)(F)F)cc2)c([C@H]2CC(Br)=NO2)c1. The average molecular weight is 479 g/mol. The van der Waals surface area contributed by atoms with E-state index in [0.717, 1.165) is 18.3 Å². The van der Waals surface area contributed by atoms with Crippen LogP contribution in [0.3, 0.4) is 0 Å². The highest BCUT2D eigenvalue weighted by molar-refractivity contribution is 9.18. The van der Waals surface area contributed by atoms with E-state index in [1.54, 1.807) is 0 Å². The van der Waals surface area contributed by atoms with Gasteiger partial charge in [-0.3, -0.25) is 0 Å². The second kappa shape index (κ2) is 7.68. The molecule has 12 heteroatoms. The molecule has 7 nitrogen and oxygen atoms in total. The Hall–Kier alpha value is -2.18. The number of nitrogens with one attached hydrogen (secondary N) is 2. The lowest BCUT2D eigenvalue weighted by atomic mass is 10.1. The van der Waals surface area contributed by atoms with Crippen LogP contribution in [-0.2, 0) is 21.0 Å². The van der Waals surface area contributed by atoms with Crippen LogP contribution >= 0.6 is 15.9 Å². The maximum atomic E-state index is 12.7. The third-order valence-corrected chi connectivity index (χ3v) is 5.78. The minimum absolute atomic E-state index is 0.0745. The molecule has 1 atom stereocenters. The van der Waals surface area contributed by atoms with Gasteiger partial charge in [0.25, 0.3) is 0 Å². The molecule has 2 aromatic rings. The Morgan fingerprint density at radius 3 is 2.46 bits per heavy atom. The summed E-state index contributed by atoms with van der Waals surface area (Å²) in [5.74, 6) is 0.247. The molecule has 0 radical (unpaired) electrons. The van der Waals surface area contributed by atoms with Crippen LogP contribution in [0.4, 0.5) is 24.7 Å². The van der Waals surface area contributed by atoms with Gasteiger partial charge in [-0.15, -0.1) is 0 Å². The van der Waals surface area contributed by atoms with E-state index >= 15 is 0 Å². The summed E-state index contributed by atoms with van der Waals surface area (Å²) in [6.07, 6.45) is -3.54. The molecule has 0 bridgehead atoms. The van der Waals surface area contributed by atoms with E-state index in [-0.39, 0.29) is 10.7 Å². The number of sulfonamides is 1. The summed E-state index contributed by atoms with van der Waals surface area (Å²) in [6, 6.07) is 5.78. The van der Waals surface area contributed by atoms with E-state index in [9.17, 15) is 21.6 Å². The molecule has 1 aromatic heterocycles. The topological polar surface area (TPSA) is 92.7 Å². The first-order chi connectivity index (χ1) is 13.1. The molecule has 2 N–H and O–H groups in total. The van der Waals surface area contributed by atoms with Gasteiger partial charge in [0.1, 0.15) is 15.3 Å². The zero-order valence-electron chi connectivity index (χ0n) is 14.3. The first-order valence-electron chi connectivity index (χ1n) is 7.86.